The largest absolute Gasteiger partial charge is 0.435 e. The van der Waals surface area contributed by atoms with Gasteiger partial charge in [0.1, 0.15) is 5.44 Å². The lowest BCUT2D eigenvalue weighted by molar-refractivity contribution is -0.171. The summed E-state index contributed by atoms with van der Waals surface area (Å²) in [6.45, 7) is 13.0. The van der Waals surface area contributed by atoms with Crippen molar-refractivity contribution in [2.75, 3.05) is 12.4 Å². The van der Waals surface area contributed by atoms with E-state index in [0.29, 0.717) is 12.4 Å². The van der Waals surface area contributed by atoms with Gasteiger partial charge in [-0.25, -0.2) is 0 Å². The Balaban J connectivity index is 2.36. The molecule has 2 unspecified atom stereocenters. The van der Waals surface area contributed by atoms with Crippen molar-refractivity contribution in [3.63, 3.8) is 0 Å². The zero-order valence-electron chi connectivity index (χ0n) is 12.1. The smallest absolute Gasteiger partial charge is 0.304 e. The minimum Gasteiger partial charge on any atom is -0.435 e. The number of esters is 1. The zero-order valence-corrected chi connectivity index (χ0v) is 13.9. The van der Waals surface area contributed by atoms with E-state index in [1.807, 2.05) is 0 Å². The zero-order chi connectivity index (χ0) is 14.0. The minimum absolute atomic E-state index is 0.0246. The Bertz CT molecular complexity index is 301. The number of ether oxygens (including phenoxy) is 2. The van der Waals surface area contributed by atoms with E-state index in [0.717, 1.165) is 0 Å². The Kier molecular flexibility index (Phi) is 5.29. The van der Waals surface area contributed by atoms with Crippen LogP contribution in [0.2, 0.25) is 18.1 Å². The van der Waals surface area contributed by atoms with Gasteiger partial charge in [0.25, 0.3) is 0 Å². The molecule has 18 heavy (non-hydrogen) atoms. The summed E-state index contributed by atoms with van der Waals surface area (Å²) in [5, 5.41) is 0.200. The van der Waals surface area contributed by atoms with Gasteiger partial charge >= 0.3 is 5.97 Å². The van der Waals surface area contributed by atoms with E-state index in [1.54, 1.807) is 11.8 Å². The van der Waals surface area contributed by atoms with E-state index in [2.05, 4.69) is 33.9 Å². The summed E-state index contributed by atoms with van der Waals surface area (Å²) in [6, 6.07) is 0. The lowest BCUT2D eigenvalue weighted by atomic mass is 10.2. The summed E-state index contributed by atoms with van der Waals surface area (Å²) < 4.78 is 16.7. The maximum Gasteiger partial charge on any atom is 0.304 e. The third-order valence-corrected chi connectivity index (χ3v) is 8.99. The van der Waals surface area contributed by atoms with Crippen LogP contribution in [0.1, 0.15) is 27.7 Å². The van der Waals surface area contributed by atoms with Crippen LogP contribution < -0.4 is 0 Å². The molecule has 0 aromatic rings. The molecule has 0 aliphatic carbocycles. The quantitative estimate of drug-likeness (QED) is 0.589. The average molecular weight is 292 g/mol. The number of carbonyl (C=O) groups excluding carboxylic acids is 1. The van der Waals surface area contributed by atoms with Crippen LogP contribution in [0.5, 0.6) is 0 Å². The topological polar surface area (TPSA) is 44.8 Å². The van der Waals surface area contributed by atoms with Gasteiger partial charge in [-0.1, -0.05) is 20.8 Å². The van der Waals surface area contributed by atoms with Gasteiger partial charge in [0, 0.05) is 6.92 Å². The molecule has 1 aliphatic heterocycles. The SMILES string of the molecule is CC(=O)OC1CSC(CO[Si](C)(C)C(C)(C)C)O1. The van der Waals surface area contributed by atoms with Gasteiger partial charge in [-0.2, -0.15) is 0 Å². The predicted molar refractivity (Wildman–Crippen MR) is 76.0 cm³/mol. The first-order chi connectivity index (χ1) is 8.12. The van der Waals surface area contributed by atoms with Crippen molar-refractivity contribution in [3.8, 4) is 0 Å². The van der Waals surface area contributed by atoms with Crippen molar-refractivity contribution in [3.05, 3.63) is 0 Å². The molecule has 1 heterocycles. The molecule has 1 aliphatic rings. The van der Waals surface area contributed by atoms with Gasteiger partial charge in [-0.3, -0.25) is 4.79 Å². The molecule has 0 N–H and O–H groups in total. The molecule has 4 nitrogen and oxygen atoms in total. The maximum atomic E-state index is 10.8. The lowest BCUT2D eigenvalue weighted by Gasteiger charge is -2.36. The lowest BCUT2D eigenvalue weighted by Crippen LogP contribution is -2.42. The second kappa shape index (κ2) is 5.94. The van der Waals surface area contributed by atoms with Crippen molar-refractivity contribution in [2.24, 2.45) is 0 Å². The monoisotopic (exact) mass is 292 g/mol. The Morgan fingerprint density at radius 2 is 2.06 bits per heavy atom. The van der Waals surface area contributed by atoms with E-state index < -0.39 is 14.6 Å². The van der Waals surface area contributed by atoms with Crippen molar-refractivity contribution in [1.82, 2.24) is 0 Å². The van der Waals surface area contributed by atoms with Crippen LogP contribution in [0.15, 0.2) is 0 Å². The highest BCUT2D eigenvalue weighted by Gasteiger charge is 2.38. The number of thioether (sulfide) groups is 1. The van der Waals surface area contributed by atoms with Crippen LogP contribution in [0.4, 0.5) is 0 Å². The fourth-order valence-electron chi connectivity index (χ4n) is 1.26. The second-order valence-corrected chi connectivity index (χ2v) is 12.0. The molecule has 2 atom stereocenters. The van der Waals surface area contributed by atoms with Crippen molar-refractivity contribution >= 4 is 26.0 Å². The summed E-state index contributed by atoms with van der Waals surface area (Å²) >= 11 is 1.64. The van der Waals surface area contributed by atoms with E-state index in [9.17, 15) is 4.79 Å². The predicted octanol–water partition coefficient (Wildman–Crippen LogP) is 2.99. The number of hydrogen-bond donors (Lipinski definition) is 0. The second-order valence-electron chi connectivity index (χ2n) is 6.01. The Morgan fingerprint density at radius 3 is 2.56 bits per heavy atom. The summed E-state index contributed by atoms with van der Waals surface area (Å²) in [4.78, 5) is 10.8. The van der Waals surface area contributed by atoms with Crippen LogP contribution in [-0.4, -0.2) is 38.4 Å². The van der Waals surface area contributed by atoms with Crippen LogP contribution >= 0.6 is 11.8 Å². The van der Waals surface area contributed by atoms with E-state index in [4.69, 9.17) is 13.9 Å². The van der Waals surface area contributed by atoms with Gasteiger partial charge in [0.15, 0.2) is 8.32 Å². The molecule has 1 fully saturated rings. The average Bonchev–Trinajstić information content (AvgIpc) is 2.60. The molecule has 0 amide bonds. The van der Waals surface area contributed by atoms with Gasteiger partial charge in [-0.05, 0) is 18.1 Å². The van der Waals surface area contributed by atoms with Crippen LogP contribution in [0, 0.1) is 0 Å². The van der Waals surface area contributed by atoms with E-state index in [1.165, 1.54) is 6.92 Å². The van der Waals surface area contributed by atoms with Gasteiger partial charge in [0.2, 0.25) is 6.29 Å². The van der Waals surface area contributed by atoms with Crippen LogP contribution in [0.3, 0.4) is 0 Å². The minimum atomic E-state index is -1.73. The van der Waals surface area contributed by atoms with Crippen molar-refractivity contribution in [1.29, 1.82) is 0 Å². The molecule has 0 aromatic heterocycles. The van der Waals surface area contributed by atoms with Crippen LogP contribution in [0.25, 0.3) is 0 Å². The first kappa shape index (κ1) is 16.0. The van der Waals surface area contributed by atoms with Gasteiger partial charge in [-0.15, -0.1) is 11.8 Å². The molecule has 1 saturated heterocycles. The van der Waals surface area contributed by atoms with Crippen LogP contribution in [-0.2, 0) is 18.7 Å². The fraction of sp³-hybridized carbons (Fsp3) is 0.917. The first-order valence-electron chi connectivity index (χ1n) is 6.20. The van der Waals surface area contributed by atoms with Crippen molar-refractivity contribution in [2.45, 2.75) is 57.6 Å². The maximum absolute atomic E-state index is 10.8. The standard InChI is InChI=1S/C12H24O4SSi/c1-9(13)15-10-8-17-11(16-10)7-14-18(5,6)12(2,3)4/h10-11H,7-8H2,1-6H3. The number of rotatable bonds is 4. The van der Waals surface area contributed by atoms with E-state index in [-0.39, 0.29) is 16.4 Å². The summed E-state index contributed by atoms with van der Waals surface area (Å²) in [5.41, 5.74) is -0.0246. The number of hydrogen-bond acceptors (Lipinski definition) is 5. The molecular formula is C12H24O4SSi. The highest BCUT2D eigenvalue weighted by molar-refractivity contribution is 8.00. The third-order valence-electron chi connectivity index (χ3n) is 3.41. The van der Waals surface area contributed by atoms with E-state index >= 15 is 0 Å². The fourth-order valence-corrected chi connectivity index (χ4v) is 3.27. The van der Waals surface area contributed by atoms with Crippen molar-refractivity contribution < 1.29 is 18.7 Å². The molecule has 0 bridgehead atoms. The Labute approximate surface area is 115 Å². The highest BCUT2D eigenvalue weighted by Crippen LogP contribution is 2.37. The summed E-state index contributed by atoms with van der Waals surface area (Å²) in [5.74, 6) is 0.386. The summed E-state index contributed by atoms with van der Waals surface area (Å²) in [7, 11) is -1.73. The Morgan fingerprint density at radius 1 is 1.44 bits per heavy atom. The highest BCUT2D eigenvalue weighted by atomic mass is 32.2. The molecule has 0 saturated carbocycles. The molecule has 1 rings (SSSR count). The molecule has 0 aromatic carbocycles. The molecule has 6 heteroatoms. The molecule has 106 valence electrons. The molecular weight excluding hydrogens is 268 g/mol. The first-order valence-corrected chi connectivity index (χ1v) is 10.2. The third kappa shape index (κ3) is 4.57. The summed E-state index contributed by atoms with van der Waals surface area (Å²) in [6.07, 6.45) is -0.416. The van der Waals surface area contributed by atoms with Gasteiger partial charge < -0.3 is 13.9 Å². The normalized spacial score (nSPS) is 25.2. The molecule has 0 spiro atoms. The number of carbonyl (C=O) groups is 1. The van der Waals surface area contributed by atoms with Gasteiger partial charge in [0.05, 0.1) is 12.4 Å². The molecule has 0 radical (unpaired) electrons. The Hall–Kier alpha value is -0.0431.